The summed E-state index contributed by atoms with van der Waals surface area (Å²) in [6.07, 6.45) is 4.86. The summed E-state index contributed by atoms with van der Waals surface area (Å²) in [6, 6.07) is 0.298. The number of imidazole rings is 1. The molecule has 0 aliphatic rings. The Morgan fingerprint density at radius 1 is 1.44 bits per heavy atom. The van der Waals surface area contributed by atoms with Crippen molar-refractivity contribution in [1.29, 1.82) is 0 Å². The van der Waals surface area contributed by atoms with Crippen molar-refractivity contribution in [2.24, 2.45) is 0 Å². The second-order valence-electron chi connectivity index (χ2n) is 3.67. The summed E-state index contributed by atoms with van der Waals surface area (Å²) in [5.74, 6) is 1.11. The van der Waals surface area contributed by atoms with Crippen LogP contribution in [0.1, 0.15) is 39.1 Å². The minimum Gasteiger partial charge on any atom is -0.382 e. The minimum atomic E-state index is 0.298. The fraction of sp³-hybridized carbons (Fsp3) is 0.750. The van der Waals surface area contributed by atoms with Gasteiger partial charge in [0, 0.05) is 32.2 Å². The van der Waals surface area contributed by atoms with Crippen LogP contribution in [-0.2, 0) is 11.3 Å². The van der Waals surface area contributed by atoms with Crippen LogP contribution in [0.25, 0.3) is 0 Å². The second kappa shape index (κ2) is 7.41. The number of hydrogen-bond donors (Lipinski definition) is 1. The highest BCUT2D eigenvalue weighted by molar-refractivity contribution is 4.99. The maximum Gasteiger partial charge on any atom is 0.125 e. The van der Waals surface area contributed by atoms with Crippen LogP contribution >= 0.6 is 0 Å². The van der Waals surface area contributed by atoms with Gasteiger partial charge in [0.05, 0.1) is 6.04 Å². The molecular formula is C12H23N3O. The Labute approximate surface area is 98.0 Å². The Bertz CT molecular complexity index is 286. The van der Waals surface area contributed by atoms with Crippen molar-refractivity contribution < 1.29 is 4.74 Å². The number of nitrogens with one attached hydrogen (secondary N) is 1. The number of ether oxygens (including phenoxy) is 1. The van der Waals surface area contributed by atoms with Gasteiger partial charge in [0.2, 0.25) is 0 Å². The van der Waals surface area contributed by atoms with Crippen LogP contribution in [0.3, 0.4) is 0 Å². The molecule has 0 amide bonds. The van der Waals surface area contributed by atoms with Gasteiger partial charge in [-0.2, -0.15) is 0 Å². The van der Waals surface area contributed by atoms with Crippen LogP contribution in [-0.4, -0.2) is 29.3 Å². The Hall–Kier alpha value is -0.870. The molecule has 0 aliphatic carbocycles. The van der Waals surface area contributed by atoms with Crippen LogP contribution in [0.4, 0.5) is 0 Å². The monoisotopic (exact) mass is 225 g/mol. The molecule has 0 spiro atoms. The average Bonchev–Trinajstić information content (AvgIpc) is 2.76. The fourth-order valence-electron chi connectivity index (χ4n) is 1.81. The van der Waals surface area contributed by atoms with E-state index in [1.54, 1.807) is 0 Å². The standard InChI is InChI=1S/C12H23N3O/c1-4-13-11(7-10-16-6-3)12-14-8-9-15(12)5-2/h8-9,11,13H,4-7,10H2,1-3H3. The maximum atomic E-state index is 5.40. The Morgan fingerprint density at radius 3 is 2.88 bits per heavy atom. The molecule has 1 unspecified atom stereocenters. The van der Waals surface area contributed by atoms with Gasteiger partial charge in [-0.3, -0.25) is 0 Å². The summed E-state index contributed by atoms with van der Waals surface area (Å²) in [4.78, 5) is 4.43. The van der Waals surface area contributed by atoms with E-state index in [4.69, 9.17) is 4.74 Å². The van der Waals surface area contributed by atoms with Gasteiger partial charge in [0.25, 0.3) is 0 Å². The van der Waals surface area contributed by atoms with E-state index in [9.17, 15) is 0 Å². The van der Waals surface area contributed by atoms with Crippen molar-refractivity contribution in [3.8, 4) is 0 Å². The first-order chi connectivity index (χ1) is 7.83. The summed E-state index contributed by atoms with van der Waals surface area (Å²) in [6.45, 7) is 9.75. The maximum absolute atomic E-state index is 5.40. The quantitative estimate of drug-likeness (QED) is 0.688. The zero-order valence-electron chi connectivity index (χ0n) is 10.6. The van der Waals surface area contributed by atoms with E-state index in [1.165, 1.54) is 0 Å². The summed E-state index contributed by atoms with van der Waals surface area (Å²) < 4.78 is 7.58. The van der Waals surface area contributed by atoms with Crippen molar-refractivity contribution in [3.05, 3.63) is 18.2 Å². The van der Waals surface area contributed by atoms with E-state index in [1.807, 2.05) is 19.3 Å². The molecule has 0 aromatic carbocycles. The number of aryl methyl sites for hydroxylation is 1. The molecule has 0 fully saturated rings. The highest BCUT2D eigenvalue weighted by Crippen LogP contribution is 2.15. The molecule has 0 aliphatic heterocycles. The minimum absolute atomic E-state index is 0.298. The predicted molar refractivity (Wildman–Crippen MR) is 65.4 cm³/mol. The predicted octanol–water partition coefficient (Wildman–Crippen LogP) is 1.98. The van der Waals surface area contributed by atoms with E-state index in [0.29, 0.717) is 6.04 Å². The van der Waals surface area contributed by atoms with E-state index >= 15 is 0 Å². The number of hydrogen-bond acceptors (Lipinski definition) is 3. The van der Waals surface area contributed by atoms with E-state index in [0.717, 1.165) is 38.5 Å². The van der Waals surface area contributed by atoms with Crippen molar-refractivity contribution in [3.63, 3.8) is 0 Å². The zero-order valence-corrected chi connectivity index (χ0v) is 10.6. The normalized spacial score (nSPS) is 12.9. The largest absolute Gasteiger partial charge is 0.382 e. The molecule has 1 N–H and O–H groups in total. The molecule has 0 bridgehead atoms. The van der Waals surface area contributed by atoms with E-state index in [2.05, 4.69) is 28.7 Å². The van der Waals surface area contributed by atoms with Crippen molar-refractivity contribution >= 4 is 0 Å². The van der Waals surface area contributed by atoms with Gasteiger partial charge in [-0.15, -0.1) is 0 Å². The second-order valence-corrected chi connectivity index (χ2v) is 3.67. The molecule has 1 heterocycles. The molecule has 1 atom stereocenters. The van der Waals surface area contributed by atoms with Gasteiger partial charge in [-0.25, -0.2) is 4.98 Å². The molecule has 0 radical (unpaired) electrons. The first-order valence-electron chi connectivity index (χ1n) is 6.15. The highest BCUT2D eigenvalue weighted by atomic mass is 16.5. The Morgan fingerprint density at radius 2 is 2.25 bits per heavy atom. The molecule has 4 nitrogen and oxygen atoms in total. The average molecular weight is 225 g/mol. The van der Waals surface area contributed by atoms with Crippen LogP contribution in [0.5, 0.6) is 0 Å². The molecule has 1 rings (SSSR count). The van der Waals surface area contributed by atoms with Crippen LogP contribution in [0, 0.1) is 0 Å². The lowest BCUT2D eigenvalue weighted by Crippen LogP contribution is -2.25. The topological polar surface area (TPSA) is 39.1 Å². The zero-order chi connectivity index (χ0) is 11.8. The van der Waals surface area contributed by atoms with Crippen LogP contribution in [0.15, 0.2) is 12.4 Å². The molecule has 1 aromatic rings. The van der Waals surface area contributed by atoms with Crippen molar-refractivity contribution in [1.82, 2.24) is 14.9 Å². The first kappa shape index (κ1) is 13.2. The number of rotatable bonds is 8. The van der Waals surface area contributed by atoms with Gasteiger partial charge in [0.1, 0.15) is 5.82 Å². The number of aromatic nitrogens is 2. The third-order valence-electron chi connectivity index (χ3n) is 2.61. The van der Waals surface area contributed by atoms with Crippen molar-refractivity contribution in [2.45, 2.75) is 39.8 Å². The SMILES string of the molecule is CCNC(CCOCC)c1nccn1CC. The summed E-state index contributed by atoms with van der Waals surface area (Å²) >= 11 is 0. The van der Waals surface area contributed by atoms with Gasteiger partial charge in [-0.05, 0) is 26.8 Å². The Kier molecular flexibility index (Phi) is 6.11. The van der Waals surface area contributed by atoms with E-state index in [-0.39, 0.29) is 0 Å². The molecule has 16 heavy (non-hydrogen) atoms. The van der Waals surface area contributed by atoms with Gasteiger partial charge < -0.3 is 14.6 Å². The van der Waals surface area contributed by atoms with E-state index < -0.39 is 0 Å². The van der Waals surface area contributed by atoms with Gasteiger partial charge >= 0.3 is 0 Å². The van der Waals surface area contributed by atoms with Crippen LogP contribution in [0.2, 0.25) is 0 Å². The fourth-order valence-corrected chi connectivity index (χ4v) is 1.81. The number of nitrogens with zero attached hydrogens (tertiary/aromatic N) is 2. The van der Waals surface area contributed by atoms with Gasteiger partial charge in [0.15, 0.2) is 0 Å². The van der Waals surface area contributed by atoms with Crippen molar-refractivity contribution in [2.75, 3.05) is 19.8 Å². The lowest BCUT2D eigenvalue weighted by Gasteiger charge is -2.18. The molecule has 0 saturated heterocycles. The highest BCUT2D eigenvalue weighted by Gasteiger charge is 2.14. The summed E-state index contributed by atoms with van der Waals surface area (Å²) in [5.41, 5.74) is 0. The molecule has 1 aromatic heterocycles. The van der Waals surface area contributed by atoms with Crippen LogP contribution < -0.4 is 5.32 Å². The smallest absolute Gasteiger partial charge is 0.125 e. The lowest BCUT2D eigenvalue weighted by molar-refractivity contribution is 0.135. The summed E-state index contributed by atoms with van der Waals surface area (Å²) in [7, 11) is 0. The Balaban J connectivity index is 2.61. The first-order valence-corrected chi connectivity index (χ1v) is 6.15. The molecule has 0 saturated carbocycles. The third kappa shape index (κ3) is 3.61. The lowest BCUT2D eigenvalue weighted by atomic mass is 10.2. The molecular weight excluding hydrogens is 202 g/mol. The third-order valence-corrected chi connectivity index (χ3v) is 2.61. The molecule has 92 valence electrons. The van der Waals surface area contributed by atoms with Gasteiger partial charge in [-0.1, -0.05) is 6.92 Å². The molecule has 4 heteroatoms. The summed E-state index contributed by atoms with van der Waals surface area (Å²) in [5, 5.41) is 3.46.